The Morgan fingerprint density at radius 2 is 2.00 bits per heavy atom. The van der Waals surface area contributed by atoms with Crippen LogP contribution in [-0.4, -0.2) is 64.9 Å². The van der Waals surface area contributed by atoms with Gasteiger partial charge in [0.2, 0.25) is 0 Å². The summed E-state index contributed by atoms with van der Waals surface area (Å²) < 4.78 is 5.09. The fourth-order valence-corrected chi connectivity index (χ4v) is 3.21. The van der Waals surface area contributed by atoms with Crippen molar-refractivity contribution in [1.82, 2.24) is 15.5 Å². The van der Waals surface area contributed by atoms with Gasteiger partial charge in [0.15, 0.2) is 5.96 Å². The summed E-state index contributed by atoms with van der Waals surface area (Å²) in [5.74, 6) is 1.70. The zero-order valence-electron chi connectivity index (χ0n) is 15.2. The van der Waals surface area contributed by atoms with E-state index in [4.69, 9.17) is 4.74 Å². The van der Waals surface area contributed by atoms with Crippen LogP contribution in [0.25, 0.3) is 0 Å². The third-order valence-corrected chi connectivity index (χ3v) is 4.57. The summed E-state index contributed by atoms with van der Waals surface area (Å²) in [4.78, 5) is 6.60. The minimum absolute atomic E-state index is 0.501. The Bertz CT molecular complexity index is 327. The number of hydrogen-bond acceptors (Lipinski definition) is 3. The van der Waals surface area contributed by atoms with E-state index in [1.54, 1.807) is 7.11 Å². The Kier molecular flexibility index (Phi) is 8.79. The fraction of sp³-hybridized carbons (Fsp3) is 0.941. The molecule has 0 saturated heterocycles. The predicted molar refractivity (Wildman–Crippen MR) is 94.5 cm³/mol. The number of aliphatic imine (C=N–C) groups is 1. The first-order valence-corrected chi connectivity index (χ1v) is 8.63. The number of methoxy groups -OCH3 is 1. The van der Waals surface area contributed by atoms with E-state index in [2.05, 4.69) is 41.4 Å². The molecule has 130 valence electrons. The van der Waals surface area contributed by atoms with E-state index in [1.807, 2.05) is 7.05 Å². The molecule has 0 aliphatic heterocycles. The largest absolute Gasteiger partial charge is 0.383 e. The number of likely N-dealkylation sites (N-methyl/N-ethyl adjacent to an activating group) is 1. The van der Waals surface area contributed by atoms with Crippen molar-refractivity contribution in [2.24, 2.45) is 16.3 Å². The zero-order chi connectivity index (χ0) is 16.4. The van der Waals surface area contributed by atoms with Crippen LogP contribution in [0.4, 0.5) is 0 Å². The quantitative estimate of drug-likeness (QED) is 0.478. The van der Waals surface area contributed by atoms with E-state index in [-0.39, 0.29) is 0 Å². The molecule has 5 heteroatoms. The van der Waals surface area contributed by atoms with Crippen LogP contribution in [0.15, 0.2) is 4.99 Å². The molecule has 1 aliphatic carbocycles. The van der Waals surface area contributed by atoms with Crippen LogP contribution >= 0.6 is 0 Å². The van der Waals surface area contributed by atoms with Gasteiger partial charge in [-0.2, -0.15) is 0 Å². The SMILES string of the molecule is CN=C(NCCN(C)CCOC)NCC1(CC(C)C)CCC1. The van der Waals surface area contributed by atoms with Crippen LogP contribution < -0.4 is 10.6 Å². The van der Waals surface area contributed by atoms with Crippen LogP contribution in [-0.2, 0) is 4.74 Å². The lowest BCUT2D eigenvalue weighted by atomic mass is 9.64. The van der Waals surface area contributed by atoms with Gasteiger partial charge >= 0.3 is 0 Å². The molecule has 0 aromatic rings. The normalized spacial score (nSPS) is 17.7. The number of rotatable bonds is 10. The van der Waals surface area contributed by atoms with E-state index >= 15 is 0 Å². The molecule has 0 atom stereocenters. The maximum absolute atomic E-state index is 5.09. The van der Waals surface area contributed by atoms with Gasteiger partial charge in [-0.25, -0.2) is 0 Å². The molecule has 0 spiro atoms. The highest BCUT2D eigenvalue weighted by molar-refractivity contribution is 5.79. The highest BCUT2D eigenvalue weighted by atomic mass is 16.5. The van der Waals surface area contributed by atoms with Crippen molar-refractivity contribution >= 4 is 5.96 Å². The maximum Gasteiger partial charge on any atom is 0.191 e. The Hall–Kier alpha value is -0.810. The molecule has 0 radical (unpaired) electrons. The second-order valence-corrected chi connectivity index (χ2v) is 7.10. The smallest absolute Gasteiger partial charge is 0.191 e. The second-order valence-electron chi connectivity index (χ2n) is 7.10. The van der Waals surface area contributed by atoms with Crippen molar-refractivity contribution in [3.05, 3.63) is 0 Å². The molecule has 1 saturated carbocycles. The Labute approximate surface area is 136 Å². The summed E-state index contributed by atoms with van der Waals surface area (Å²) in [6.45, 7) is 9.32. The third kappa shape index (κ3) is 6.97. The highest BCUT2D eigenvalue weighted by Gasteiger charge is 2.37. The Balaban J connectivity index is 2.25. The number of nitrogens with one attached hydrogen (secondary N) is 2. The molecule has 0 unspecified atom stereocenters. The summed E-state index contributed by atoms with van der Waals surface area (Å²) in [5, 5.41) is 6.94. The molecule has 2 N–H and O–H groups in total. The monoisotopic (exact) mass is 312 g/mol. The maximum atomic E-state index is 5.09. The number of guanidine groups is 1. The van der Waals surface area contributed by atoms with Gasteiger partial charge in [-0.05, 0) is 37.6 Å². The summed E-state index contributed by atoms with van der Waals surface area (Å²) in [6.07, 6.45) is 5.41. The molecule has 0 amide bonds. The molecule has 0 heterocycles. The first kappa shape index (κ1) is 19.2. The summed E-state index contributed by atoms with van der Waals surface area (Å²) >= 11 is 0. The van der Waals surface area contributed by atoms with E-state index in [0.29, 0.717) is 5.41 Å². The van der Waals surface area contributed by atoms with Crippen molar-refractivity contribution in [3.63, 3.8) is 0 Å². The predicted octanol–water partition coefficient (Wildman–Crippen LogP) is 1.95. The highest BCUT2D eigenvalue weighted by Crippen LogP contribution is 2.45. The van der Waals surface area contributed by atoms with Crippen molar-refractivity contribution < 1.29 is 4.74 Å². The van der Waals surface area contributed by atoms with Gasteiger partial charge in [0, 0.05) is 40.3 Å². The van der Waals surface area contributed by atoms with Gasteiger partial charge in [-0.3, -0.25) is 4.99 Å². The van der Waals surface area contributed by atoms with Gasteiger partial charge < -0.3 is 20.3 Å². The summed E-state index contributed by atoms with van der Waals surface area (Å²) in [7, 11) is 5.70. The van der Waals surface area contributed by atoms with Gasteiger partial charge in [-0.1, -0.05) is 20.3 Å². The fourth-order valence-electron chi connectivity index (χ4n) is 3.21. The van der Waals surface area contributed by atoms with Gasteiger partial charge in [0.25, 0.3) is 0 Å². The molecule has 22 heavy (non-hydrogen) atoms. The molecule has 1 fully saturated rings. The Morgan fingerprint density at radius 1 is 1.27 bits per heavy atom. The third-order valence-electron chi connectivity index (χ3n) is 4.57. The lowest BCUT2D eigenvalue weighted by Gasteiger charge is -2.43. The molecule has 5 nitrogen and oxygen atoms in total. The molecule has 1 rings (SSSR count). The average Bonchev–Trinajstić information content (AvgIpc) is 2.45. The minimum atomic E-state index is 0.501. The van der Waals surface area contributed by atoms with Crippen molar-refractivity contribution in [2.45, 2.75) is 39.5 Å². The van der Waals surface area contributed by atoms with Crippen LogP contribution in [0.3, 0.4) is 0 Å². The molecular weight excluding hydrogens is 276 g/mol. The van der Waals surface area contributed by atoms with Crippen LogP contribution in [0.5, 0.6) is 0 Å². The second kappa shape index (κ2) is 10.1. The Morgan fingerprint density at radius 3 is 2.50 bits per heavy atom. The van der Waals surface area contributed by atoms with Crippen LogP contribution in [0.1, 0.15) is 39.5 Å². The van der Waals surface area contributed by atoms with Gasteiger partial charge in [0.1, 0.15) is 0 Å². The molecule has 1 aliphatic rings. The lowest BCUT2D eigenvalue weighted by molar-refractivity contribution is 0.104. The minimum Gasteiger partial charge on any atom is -0.383 e. The molecule has 0 bridgehead atoms. The number of nitrogens with zero attached hydrogens (tertiary/aromatic N) is 2. The van der Waals surface area contributed by atoms with Gasteiger partial charge in [0.05, 0.1) is 6.61 Å². The first-order chi connectivity index (χ1) is 10.5. The topological polar surface area (TPSA) is 48.9 Å². The lowest BCUT2D eigenvalue weighted by Crippen LogP contribution is -2.48. The number of ether oxygens (including phenoxy) is 1. The average molecular weight is 313 g/mol. The van der Waals surface area contributed by atoms with E-state index < -0.39 is 0 Å². The van der Waals surface area contributed by atoms with Crippen LogP contribution in [0.2, 0.25) is 0 Å². The standard InChI is InChI=1S/C17H36N4O/c1-15(2)13-17(7-6-8-17)14-20-16(18-3)19-9-10-21(4)11-12-22-5/h15H,6-14H2,1-5H3,(H2,18,19,20). The molecule has 0 aromatic heterocycles. The molecule has 0 aromatic carbocycles. The van der Waals surface area contributed by atoms with E-state index in [0.717, 1.165) is 44.7 Å². The van der Waals surface area contributed by atoms with Crippen molar-refractivity contribution in [3.8, 4) is 0 Å². The van der Waals surface area contributed by atoms with Crippen molar-refractivity contribution in [2.75, 3.05) is 54.0 Å². The van der Waals surface area contributed by atoms with Crippen LogP contribution in [0, 0.1) is 11.3 Å². The number of hydrogen-bond donors (Lipinski definition) is 2. The zero-order valence-corrected chi connectivity index (χ0v) is 15.2. The van der Waals surface area contributed by atoms with E-state index in [1.165, 1.54) is 25.7 Å². The van der Waals surface area contributed by atoms with Gasteiger partial charge in [-0.15, -0.1) is 0 Å². The summed E-state index contributed by atoms with van der Waals surface area (Å²) in [6, 6.07) is 0. The van der Waals surface area contributed by atoms with Crippen molar-refractivity contribution in [1.29, 1.82) is 0 Å². The first-order valence-electron chi connectivity index (χ1n) is 8.63. The molecular formula is C17H36N4O. The van der Waals surface area contributed by atoms with E-state index in [9.17, 15) is 0 Å². The summed E-state index contributed by atoms with van der Waals surface area (Å²) in [5.41, 5.74) is 0.501.